The first-order chi connectivity index (χ1) is 16.7. The van der Waals surface area contributed by atoms with Gasteiger partial charge in [0.2, 0.25) is 11.8 Å². The van der Waals surface area contributed by atoms with Crippen molar-refractivity contribution in [2.45, 2.75) is 34.2 Å². The average molecular weight is 492 g/mol. The number of nitrogens with one attached hydrogen (secondary N) is 1. The van der Waals surface area contributed by atoms with Gasteiger partial charge in [0.25, 0.3) is 5.91 Å². The van der Waals surface area contributed by atoms with E-state index in [1.54, 1.807) is 12.4 Å². The van der Waals surface area contributed by atoms with Crippen molar-refractivity contribution in [2.24, 2.45) is 11.3 Å². The number of amides is 3. The van der Waals surface area contributed by atoms with Crippen LogP contribution in [-0.4, -0.2) is 63.7 Å². The molecular formula is C26H29N5O3S. The summed E-state index contributed by atoms with van der Waals surface area (Å²) in [7, 11) is 0. The van der Waals surface area contributed by atoms with Gasteiger partial charge in [-0.15, -0.1) is 11.3 Å². The highest BCUT2D eigenvalue weighted by Crippen LogP contribution is 2.40. The quantitative estimate of drug-likeness (QED) is 0.563. The Balaban J connectivity index is 1.54. The number of hydrogen-bond donors (Lipinski definition) is 1. The number of hydrogen-bond acceptors (Lipinski definition) is 7. The molecule has 3 aromatic rings. The van der Waals surface area contributed by atoms with Gasteiger partial charge >= 0.3 is 0 Å². The summed E-state index contributed by atoms with van der Waals surface area (Å²) < 4.78 is 0.890. The molecule has 8 nitrogen and oxygen atoms in total. The predicted molar refractivity (Wildman–Crippen MR) is 135 cm³/mol. The second kappa shape index (κ2) is 8.80. The maximum absolute atomic E-state index is 13.5. The van der Waals surface area contributed by atoms with Crippen LogP contribution in [0.5, 0.6) is 0 Å². The number of carbonyl (C=O) groups excluding carboxylic acids is 3. The zero-order valence-electron chi connectivity index (χ0n) is 20.4. The number of aromatic nitrogens is 2. The summed E-state index contributed by atoms with van der Waals surface area (Å²) in [6.45, 7) is 10.5. The number of imide groups is 1. The predicted octanol–water partition coefficient (Wildman–Crippen LogP) is 3.24. The number of thiophene rings is 1. The minimum atomic E-state index is -0.706. The molecule has 3 amide bonds. The van der Waals surface area contributed by atoms with E-state index in [4.69, 9.17) is 0 Å². The summed E-state index contributed by atoms with van der Waals surface area (Å²) in [6, 6.07) is 5.68. The van der Waals surface area contributed by atoms with Crippen LogP contribution in [-0.2, 0) is 16.1 Å². The molecule has 3 aromatic heterocycles. The number of likely N-dealkylation sites (tertiary alicyclic amines) is 1. The molecule has 2 fully saturated rings. The Morgan fingerprint density at radius 1 is 1.17 bits per heavy atom. The van der Waals surface area contributed by atoms with Crippen LogP contribution in [0.4, 0.5) is 0 Å². The zero-order chi connectivity index (χ0) is 24.9. The van der Waals surface area contributed by atoms with E-state index in [9.17, 15) is 14.4 Å². The molecule has 5 heterocycles. The number of carbonyl (C=O) groups is 3. The molecule has 1 unspecified atom stereocenters. The topological polar surface area (TPSA) is 95.5 Å². The molecule has 182 valence electrons. The molecule has 0 spiro atoms. The maximum atomic E-state index is 13.5. The lowest BCUT2D eigenvalue weighted by atomic mass is 9.82. The third-order valence-electron chi connectivity index (χ3n) is 7.32. The van der Waals surface area contributed by atoms with E-state index in [1.807, 2.05) is 50.8 Å². The van der Waals surface area contributed by atoms with Gasteiger partial charge in [0.05, 0.1) is 33.4 Å². The second-order valence-corrected chi connectivity index (χ2v) is 11.0. The SMILES string of the molecule is Cc1ccnc(-c2ccnc3cc(CN4C(=O)C(C)C(C)(C)C4=O)sc23)c1C(=O)N1CCNCC1. The minimum absolute atomic E-state index is 0.0154. The lowest BCUT2D eigenvalue weighted by Gasteiger charge is -2.28. The maximum Gasteiger partial charge on any atom is 0.256 e. The van der Waals surface area contributed by atoms with Crippen LogP contribution in [0, 0.1) is 18.3 Å². The number of aryl methyl sites for hydroxylation is 1. The third kappa shape index (κ3) is 3.92. The fourth-order valence-electron chi connectivity index (χ4n) is 4.79. The number of nitrogens with zero attached hydrogens (tertiary/aromatic N) is 4. The Kier molecular flexibility index (Phi) is 5.93. The second-order valence-electron chi connectivity index (χ2n) is 9.85. The first kappa shape index (κ1) is 23.6. The van der Waals surface area contributed by atoms with Crippen LogP contribution >= 0.6 is 11.3 Å². The number of rotatable bonds is 4. The van der Waals surface area contributed by atoms with Gasteiger partial charge in [0.15, 0.2) is 0 Å². The smallest absolute Gasteiger partial charge is 0.256 e. The van der Waals surface area contributed by atoms with Crippen molar-refractivity contribution in [3.8, 4) is 11.3 Å². The largest absolute Gasteiger partial charge is 0.336 e. The Morgan fingerprint density at radius 3 is 2.57 bits per heavy atom. The van der Waals surface area contributed by atoms with Crippen LogP contribution < -0.4 is 5.32 Å². The Morgan fingerprint density at radius 2 is 1.89 bits per heavy atom. The van der Waals surface area contributed by atoms with Crippen molar-refractivity contribution in [1.29, 1.82) is 0 Å². The average Bonchev–Trinajstić information content (AvgIpc) is 3.33. The van der Waals surface area contributed by atoms with Gasteiger partial charge < -0.3 is 10.2 Å². The minimum Gasteiger partial charge on any atom is -0.336 e. The molecule has 0 aromatic carbocycles. The molecule has 0 radical (unpaired) electrons. The van der Waals surface area contributed by atoms with Crippen LogP contribution in [0.25, 0.3) is 21.5 Å². The van der Waals surface area contributed by atoms with Crippen molar-refractivity contribution in [2.75, 3.05) is 26.2 Å². The normalized spacial score (nSPS) is 20.2. The summed E-state index contributed by atoms with van der Waals surface area (Å²) in [5, 5.41) is 3.28. The van der Waals surface area contributed by atoms with Gasteiger partial charge in [-0.05, 0) is 30.7 Å². The lowest BCUT2D eigenvalue weighted by Crippen LogP contribution is -2.46. The highest BCUT2D eigenvalue weighted by atomic mass is 32.1. The Bertz CT molecular complexity index is 1340. The van der Waals surface area contributed by atoms with Crippen molar-refractivity contribution >= 4 is 39.3 Å². The Labute approximate surface area is 208 Å². The van der Waals surface area contributed by atoms with Crippen molar-refractivity contribution in [3.63, 3.8) is 0 Å². The molecule has 1 N–H and O–H groups in total. The highest BCUT2D eigenvalue weighted by Gasteiger charge is 2.51. The molecule has 2 aliphatic heterocycles. The van der Waals surface area contributed by atoms with Gasteiger partial charge in [-0.2, -0.15) is 0 Å². The summed E-state index contributed by atoms with van der Waals surface area (Å²) >= 11 is 1.49. The molecule has 1 atom stereocenters. The molecule has 5 rings (SSSR count). The van der Waals surface area contributed by atoms with Gasteiger partial charge in [0.1, 0.15) is 0 Å². The molecular weight excluding hydrogens is 462 g/mol. The first-order valence-electron chi connectivity index (χ1n) is 11.9. The van der Waals surface area contributed by atoms with E-state index in [0.717, 1.165) is 39.3 Å². The molecule has 9 heteroatoms. The summed E-state index contributed by atoms with van der Waals surface area (Å²) in [6.07, 6.45) is 3.44. The number of pyridine rings is 2. The number of fused-ring (bicyclic) bond motifs is 1. The van der Waals surface area contributed by atoms with Crippen molar-refractivity contribution < 1.29 is 14.4 Å². The first-order valence-corrected chi connectivity index (χ1v) is 12.7. The zero-order valence-corrected chi connectivity index (χ0v) is 21.2. The van der Waals surface area contributed by atoms with Crippen LogP contribution in [0.15, 0.2) is 30.6 Å². The summed E-state index contributed by atoms with van der Waals surface area (Å²) in [5.74, 6) is -0.661. The van der Waals surface area contributed by atoms with E-state index in [-0.39, 0.29) is 30.2 Å². The van der Waals surface area contributed by atoms with Crippen molar-refractivity contribution in [1.82, 2.24) is 25.1 Å². The van der Waals surface area contributed by atoms with E-state index in [1.165, 1.54) is 16.2 Å². The van der Waals surface area contributed by atoms with Gasteiger partial charge in [0, 0.05) is 54.9 Å². The van der Waals surface area contributed by atoms with Crippen LogP contribution in [0.2, 0.25) is 0 Å². The van der Waals surface area contributed by atoms with Gasteiger partial charge in [-0.25, -0.2) is 0 Å². The fourth-order valence-corrected chi connectivity index (χ4v) is 5.91. The third-order valence-corrected chi connectivity index (χ3v) is 8.47. The lowest BCUT2D eigenvalue weighted by molar-refractivity contribution is -0.141. The van der Waals surface area contributed by atoms with Gasteiger partial charge in [-0.1, -0.05) is 20.8 Å². The van der Waals surface area contributed by atoms with Gasteiger partial charge in [-0.3, -0.25) is 29.3 Å². The Hall–Kier alpha value is -3.17. The molecule has 2 saturated heterocycles. The summed E-state index contributed by atoms with van der Waals surface area (Å²) in [5.41, 5.74) is 3.01. The van der Waals surface area contributed by atoms with E-state index in [0.29, 0.717) is 24.3 Å². The molecule has 2 aliphatic rings. The highest BCUT2D eigenvalue weighted by molar-refractivity contribution is 7.19. The monoisotopic (exact) mass is 491 g/mol. The van der Waals surface area contributed by atoms with E-state index < -0.39 is 5.41 Å². The summed E-state index contributed by atoms with van der Waals surface area (Å²) in [4.78, 5) is 52.5. The fraction of sp³-hybridized carbons (Fsp3) is 0.423. The number of piperazine rings is 1. The molecule has 35 heavy (non-hydrogen) atoms. The van der Waals surface area contributed by atoms with Crippen molar-refractivity contribution in [3.05, 3.63) is 46.6 Å². The molecule has 0 saturated carbocycles. The van der Waals surface area contributed by atoms with Crippen LogP contribution in [0.3, 0.4) is 0 Å². The molecule has 0 bridgehead atoms. The standard InChI is InChI=1S/C26H29N5O3S/c1-15-5-7-29-21(20(15)24(33)30-11-9-27-10-12-30)18-6-8-28-19-13-17(35-22(18)19)14-31-23(32)16(2)26(3,4)25(31)34/h5-8,13,16,27H,9-12,14H2,1-4H3. The van der Waals surface area contributed by atoms with E-state index in [2.05, 4.69) is 15.3 Å². The molecule has 0 aliphatic carbocycles. The van der Waals surface area contributed by atoms with E-state index >= 15 is 0 Å². The van der Waals surface area contributed by atoms with Crippen LogP contribution in [0.1, 0.15) is 41.6 Å².